The first-order chi connectivity index (χ1) is 24.7. The fourth-order valence-corrected chi connectivity index (χ4v) is 7.46. The van der Waals surface area contributed by atoms with Crippen molar-refractivity contribution in [2.24, 2.45) is 0 Å². The van der Waals surface area contributed by atoms with Gasteiger partial charge in [-0.25, -0.2) is 0 Å². The van der Waals surface area contributed by atoms with Crippen LogP contribution in [0.5, 0.6) is 0 Å². The number of hydrogen-bond donors (Lipinski definition) is 0. The highest BCUT2D eigenvalue weighted by Crippen LogP contribution is 2.44. The lowest BCUT2D eigenvalue weighted by molar-refractivity contribution is 1.18. The molecule has 9 rings (SSSR count). The summed E-state index contributed by atoms with van der Waals surface area (Å²) >= 11 is 0. The molecule has 0 unspecified atom stereocenters. The van der Waals surface area contributed by atoms with E-state index in [1.54, 1.807) is 0 Å². The molecule has 0 saturated carbocycles. The van der Waals surface area contributed by atoms with E-state index in [2.05, 4.69) is 112 Å². The lowest BCUT2D eigenvalue weighted by atomic mass is 9.92. The molecule has 0 radical (unpaired) electrons. The van der Waals surface area contributed by atoms with Gasteiger partial charge in [-0.1, -0.05) is 78.9 Å². The summed E-state index contributed by atoms with van der Waals surface area (Å²) in [7, 11) is 0. The number of rotatable bonds is 4. The molecular formula is C45H25N5. The van der Waals surface area contributed by atoms with Crippen LogP contribution in [-0.4, -0.2) is 9.13 Å². The van der Waals surface area contributed by atoms with Crippen molar-refractivity contribution in [3.8, 4) is 51.8 Å². The largest absolute Gasteiger partial charge is 0.309 e. The zero-order valence-electron chi connectivity index (χ0n) is 26.7. The van der Waals surface area contributed by atoms with Crippen LogP contribution in [-0.2, 0) is 0 Å². The lowest BCUT2D eigenvalue weighted by Gasteiger charge is -2.18. The first-order valence-electron chi connectivity index (χ1n) is 16.3. The van der Waals surface area contributed by atoms with Crippen LogP contribution >= 0.6 is 0 Å². The highest BCUT2D eigenvalue weighted by atomic mass is 15.0. The van der Waals surface area contributed by atoms with Crippen molar-refractivity contribution in [2.45, 2.75) is 0 Å². The molecule has 0 bridgehead atoms. The maximum Gasteiger partial charge on any atom is 0.0991 e. The van der Waals surface area contributed by atoms with Gasteiger partial charge in [-0.3, -0.25) is 0 Å². The van der Waals surface area contributed by atoms with Crippen LogP contribution in [0.1, 0.15) is 16.7 Å². The number of benzene rings is 7. The summed E-state index contributed by atoms with van der Waals surface area (Å²) in [5, 5.41) is 33.2. The highest BCUT2D eigenvalue weighted by Gasteiger charge is 2.21. The smallest absolute Gasteiger partial charge is 0.0991 e. The molecule has 2 aromatic heterocycles. The van der Waals surface area contributed by atoms with Crippen molar-refractivity contribution in [1.82, 2.24) is 9.13 Å². The zero-order chi connectivity index (χ0) is 33.8. The molecule has 0 aliphatic heterocycles. The fraction of sp³-hybridized carbons (Fsp3) is 0. The van der Waals surface area contributed by atoms with Crippen molar-refractivity contribution < 1.29 is 0 Å². The van der Waals surface area contributed by atoms with Gasteiger partial charge in [0.2, 0.25) is 0 Å². The van der Waals surface area contributed by atoms with Crippen molar-refractivity contribution in [3.05, 3.63) is 168 Å². The third kappa shape index (κ3) is 4.31. The fourth-order valence-electron chi connectivity index (χ4n) is 7.46. The molecule has 7 aromatic carbocycles. The van der Waals surface area contributed by atoms with Crippen molar-refractivity contribution in [1.29, 1.82) is 15.8 Å². The van der Waals surface area contributed by atoms with Gasteiger partial charge in [0.15, 0.2) is 0 Å². The Morgan fingerprint density at radius 1 is 0.360 bits per heavy atom. The van der Waals surface area contributed by atoms with Gasteiger partial charge in [0.05, 0.1) is 62.7 Å². The quantitative estimate of drug-likeness (QED) is 0.193. The summed E-state index contributed by atoms with van der Waals surface area (Å²) in [6.45, 7) is 0. The monoisotopic (exact) mass is 635 g/mol. The third-order valence-electron chi connectivity index (χ3n) is 9.63. The van der Waals surface area contributed by atoms with Gasteiger partial charge in [0.1, 0.15) is 0 Å². The summed E-state index contributed by atoms with van der Waals surface area (Å²) in [5.74, 6) is 0. The molecule has 0 aliphatic rings. The van der Waals surface area contributed by atoms with Gasteiger partial charge < -0.3 is 9.13 Å². The van der Waals surface area contributed by atoms with Gasteiger partial charge >= 0.3 is 0 Å². The Labute approximate surface area is 287 Å². The van der Waals surface area contributed by atoms with Crippen LogP contribution in [0.4, 0.5) is 0 Å². The number of fused-ring (bicyclic) bond motifs is 6. The van der Waals surface area contributed by atoms with Crippen LogP contribution in [0, 0.1) is 34.0 Å². The first kappa shape index (κ1) is 28.8. The number of nitriles is 3. The predicted molar refractivity (Wildman–Crippen MR) is 200 cm³/mol. The predicted octanol–water partition coefficient (Wildman–Crippen LogP) is 10.8. The van der Waals surface area contributed by atoms with E-state index in [-0.39, 0.29) is 0 Å². The maximum atomic E-state index is 9.80. The normalized spacial score (nSPS) is 11.1. The zero-order valence-corrected chi connectivity index (χ0v) is 26.7. The van der Waals surface area contributed by atoms with E-state index in [0.717, 1.165) is 77.2 Å². The highest BCUT2D eigenvalue weighted by molar-refractivity contribution is 6.15. The Morgan fingerprint density at radius 2 is 0.860 bits per heavy atom. The first-order valence-corrected chi connectivity index (χ1v) is 16.3. The molecule has 5 nitrogen and oxygen atoms in total. The molecule has 0 fully saturated rings. The van der Waals surface area contributed by atoms with Crippen LogP contribution in [0.15, 0.2) is 152 Å². The lowest BCUT2D eigenvalue weighted by Crippen LogP contribution is -1.99. The Morgan fingerprint density at radius 3 is 1.56 bits per heavy atom. The Balaban J connectivity index is 1.35. The number of para-hydroxylation sites is 3. The second-order valence-electron chi connectivity index (χ2n) is 12.3. The van der Waals surface area contributed by atoms with Gasteiger partial charge in [0, 0.05) is 38.4 Å². The second-order valence-corrected chi connectivity index (χ2v) is 12.3. The maximum absolute atomic E-state index is 9.80. The van der Waals surface area contributed by atoms with Crippen LogP contribution in [0.2, 0.25) is 0 Å². The molecule has 0 atom stereocenters. The van der Waals surface area contributed by atoms with E-state index in [4.69, 9.17) is 0 Å². The Hall–Kier alpha value is -7.39. The van der Waals surface area contributed by atoms with E-state index in [0.29, 0.717) is 16.7 Å². The Bertz CT molecular complexity index is 2960. The van der Waals surface area contributed by atoms with Crippen LogP contribution in [0.25, 0.3) is 77.2 Å². The molecule has 0 N–H and O–H groups in total. The molecule has 50 heavy (non-hydrogen) atoms. The molecule has 0 saturated heterocycles. The summed E-state index contributed by atoms with van der Waals surface area (Å²) in [4.78, 5) is 0. The van der Waals surface area contributed by atoms with Crippen LogP contribution in [0.3, 0.4) is 0 Å². The third-order valence-corrected chi connectivity index (χ3v) is 9.63. The summed E-state index contributed by atoms with van der Waals surface area (Å²) in [6.07, 6.45) is 0. The molecular weight excluding hydrogens is 611 g/mol. The van der Waals surface area contributed by atoms with Crippen molar-refractivity contribution >= 4 is 43.6 Å². The molecule has 230 valence electrons. The summed E-state index contributed by atoms with van der Waals surface area (Å²) in [5.41, 5.74) is 12.2. The minimum atomic E-state index is 0.595. The topological polar surface area (TPSA) is 81.2 Å². The van der Waals surface area contributed by atoms with Gasteiger partial charge in [-0.15, -0.1) is 0 Å². The van der Waals surface area contributed by atoms with Crippen molar-refractivity contribution in [2.75, 3.05) is 0 Å². The average Bonchev–Trinajstić information content (AvgIpc) is 3.70. The molecule has 0 amide bonds. The van der Waals surface area contributed by atoms with Gasteiger partial charge in [0.25, 0.3) is 0 Å². The van der Waals surface area contributed by atoms with E-state index >= 15 is 0 Å². The SMILES string of the molecule is N#Cc1ccc(-n2c3ccc(C#N)cc3c3cccc(-c4ccccc4-c4ccccc4-n4c5ccccc5c5cc(C#N)ccc54)c32)cc1. The summed E-state index contributed by atoms with van der Waals surface area (Å²) in [6, 6.07) is 57.9. The average molecular weight is 636 g/mol. The minimum absolute atomic E-state index is 0.595. The molecule has 0 spiro atoms. The molecule has 9 aromatic rings. The molecule has 2 heterocycles. The van der Waals surface area contributed by atoms with E-state index in [1.807, 2.05) is 66.7 Å². The van der Waals surface area contributed by atoms with Crippen molar-refractivity contribution in [3.63, 3.8) is 0 Å². The summed E-state index contributed by atoms with van der Waals surface area (Å²) < 4.78 is 4.54. The number of aromatic nitrogens is 2. The number of hydrogen-bond acceptors (Lipinski definition) is 3. The van der Waals surface area contributed by atoms with Gasteiger partial charge in [-0.2, -0.15) is 15.8 Å². The van der Waals surface area contributed by atoms with E-state index in [9.17, 15) is 15.8 Å². The second kappa shape index (κ2) is 11.4. The minimum Gasteiger partial charge on any atom is -0.309 e. The molecule has 5 heteroatoms. The Kier molecular flexibility index (Phi) is 6.56. The number of nitrogens with zero attached hydrogens (tertiary/aromatic N) is 5. The molecule has 0 aliphatic carbocycles. The standard InChI is InChI=1S/C45H25N5/c46-26-29-16-20-32(21-17-29)49-43-22-18-31(28-48)25-40(43)38-13-7-12-37(45(38)49)34-9-2-1-8-33(34)35-10-3-5-14-41(35)50-42-15-6-4-11-36(42)39-24-30(27-47)19-23-44(39)50/h1-25H. The van der Waals surface area contributed by atoms with E-state index in [1.165, 1.54) is 0 Å². The van der Waals surface area contributed by atoms with E-state index < -0.39 is 0 Å². The van der Waals surface area contributed by atoms with Crippen LogP contribution < -0.4 is 0 Å². The van der Waals surface area contributed by atoms with Gasteiger partial charge in [-0.05, 0) is 83.9 Å².